The van der Waals surface area contributed by atoms with Crippen LogP contribution >= 0.6 is 0 Å². The minimum atomic E-state index is 0.694. The van der Waals surface area contributed by atoms with E-state index in [-0.39, 0.29) is 0 Å². The third kappa shape index (κ3) is 2.34. The summed E-state index contributed by atoms with van der Waals surface area (Å²) in [6.07, 6.45) is 0. The standard InChI is InChI=1S/C20H16N4/c21-15-9-1-5-13-7-3-11-17(19(13)15)23-24-18-12-4-8-14-6-2-10-16(22)20(14)18/h1-12H,21-22H2. The van der Waals surface area contributed by atoms with Gasteiger partial charge in [-0.2, -0.15) is 0 Å². The SMILES string of the molecule is Nc1cccc2cccc(N=Nc3cccc4cccc(N)c34)c12. The summed E-state index contributed by atoms with van der Waals surface area (Å²) < 4.78 is 0. The first kappa shape index (κ1) is 14.2. The third-order valence-corrected chi connectivity index (χ3v) is 4.10. The first-order chi connectivity index (χ1) is 11.7. The molecule has 4 N–H and O–H groups in total. The second-order valence-corrected chi connectivity index (χ2v) is 5.64. The largest absolute Gasteiger partial charge is 0.398 e. The number of rotatable bonds is 2. The van der Waals surface area contributed by atoms with Gasteiger partial charge in [0.25, 0.3) is 0 Å². The molecule has 0 aliphatic rings. The Hall–Kier alpha value is -3.40. The van der Waals surface area contributed by atoms with E-state index < -0.39 is 0 Å². The Bertz CT molecular complexity index is 986. The van der Waals surface area contributed by atoms with Gasteiger partial charge in [0, 0.05) is 22.1 Å². The van der Waals surface area contributed by atoms with Crippen LogP contribution in [0.15, 0.2) is 83.0 Å². The zero-order valence-electron chi connectivity index (χ0n) is 13.0. The van der Waals surface area contributed by atoms with Crippen molar-refractivity contribution in [2.45, 2.75) is 0 Å². The van der Waals surface area contributed by atoms with Gasteiger partial charge in [-0.15, -0.1) is 10.2 Å². The molecule has 4 nitrogen and oxygen atoms in total. The lowest BCUT2D eigenvalue weighted by molar-refractivity contribution is 1.25. The number of nitrogen functional groups attached to an aromatic ring is 2. The van der Waals surface area contributed by atoms with Gasteiger partial charge >= 0.3 is 0 Å². The van der Waals surface area contributed by atoms with Crippen LogP contribution in [0.2, 0.25) is 0 Å². The molecule has 0 fully saturated rings. The highest BCUT2D eigenvalue weighted by Crippen LogP contribution is 2.35. The molecule has 0 spiro atoms. The van der Waals surface area contributed by atoms with Crippen LogP contribution in [-0.4, -0.2) is 0 Å². The summed E-state index contributed by atoms with van der Waals surface area (Å²) in [5.74, 6) is 0. The molecule has 4 aromatic carbocycles. The van der Waals surface area contributed by atoms with E-state index in [2.05, 4.69) is 10.2 Å². The summed E-state index contributed by atoms with van der Waals surface area (Å²) in [5, 5.41) is 12.8. The average Bonchev–Trinajstić information content (AvgIpc) is 2.60. The fourth-order valence-electron chi connectivity index (χ4n) is 2.97. The van der Waals surface area contributed by atoms with E-state index in [0.717, 1.165) is 32.9 Å². The molecule has 116 valence electrons. The normalized spacial score (nSPS) is 11.5. The van der Waals surface area contributed by atoms with E-state index in [9.17, 15) is 0 Å². The van der Waals surface area contributed by atoms with Crippen LogP contribution in [0.25, 0.3) is 21.5 Å². The molecule has 0 saturated heterocycles. The summed E-state index contributed by atoms with van der Waals surface area (Å²) in [6, 6.07) is 23.4. The summed E-state index contributed by atoms with van der Waals surface area (Å²) in [6.45, 7) is 0. The third-order valence-electron chi connectivity index (χ3n) is 4.10. The number of hydrogen-bond donors (Lipinski definition) is 2. The Kier molecular flexibility index (Phi) is 3.35. The molecule has 4 rings (SSSR count). The molecule has 0 radical (unpaired) electrons. The number of fused-ring (bicyclic) bond motifs is 2. The van der Waals surface area contributed by atoms with Crippen LogP contribution < -0.4 is 11.5 Å². The van der Waals surface area contributed by atoms with Crippen molar-refractivity contribution in [1.82, 2.24) is 0 Å². The highest BCUT2D eigenvalue weighted by Gasteiger charge is 2.05. The monoisotopic (exact) mass is 312 g/mol. The number of anilines is 2. The first-order valence-electron chi connectivity index (χ1n) is 7.70. The molecule has 4 aromatic rings. The second-order valence-electron chi connectivity index (χ2n) is 5.64. The molecule has 0 saturated carbocycles. The maximum atomic E-state index is 6.12. The number of azo groups is 1. The van der Waals surface area contributed by atoms with Crippen molar-refractivity contribution in [1.29, 1.82) is 0 Å². The lowest BCUT2D eigenvalue weighted by atomic mass is 10.1. The van der Waals surface area contributed by atoms with E-state index in [1.54, 1.807) is 0 Å². The quantitative estimate of drug-likeness (QED) is 0.375. The number of nitrogens with two attached hydrogens (primary N) is 2. The van der Waals surface area contributed by atoms with Crippen LogP contribution in [0.5, 0.6) is 0 Å². The topological polar surface area (TPSA) is 76.8 Å². The zero-order chi connectivity index (χ0) is 16.5. The summed E-state index contributed by atoms with van der Waals surface area (Å²) in [7, 11) is 0. The van der Waals surface area contributed by atoms with Crippen LogP contribution in [0.4, 0.5) is 22.7 Å². The van der Waals surface area contributed by atoms with Crippen LogP contribution in [0.1, 0.15) is 0 Å². The van der Waals surface area contributed by atoms with Crippen molar-refractivity contribution in [3.63, 3.8) is 0 Å². The van der Waals surface area contributed by atoms with Crippen molar-refractivity contribution >= 4 is 44.3 Å². The Labute approximate surface area is 139 Å². The molecule has 24 heavy (non-hydrogen) atoms. The highest BCUT2D eigenvalue weighted by molar-refractivity contribution is 6.02. The van der Waals surface area contributed by atoms with E-state index in [1.165, 1.54) is 0 Å². The highest BCUT2D eigenvalue weighted by atomic mass is 15.1. The van der Waals surface area contributed by atoms with Gasteiger partial charge in [-0.05, 0) is 35.0 Å². The van der Waals surface area contributed by atoms with E-state index >= 15 is 0 Å². The fraction of sp³-hybridized carbons (Fsp3) is 0. The maximum Gasteiger partial charge on any atom is 0.0956 e. The molecule has 0 amide bonds. The second kappa shape index (κ2) is 5.66. The van der Waals surface area contributed by atoms with Crippen molar-refractivity contribution in [2.75, 3.05) is 11.5 Å². The molecular formula is C20H16N4. The van der Waals surface area contributed by atoms with Crippen LogP contribution in [-0.2, 0) is 0 Å². The Morgan fingerprint density at radius 2 is 0.875 bits per heavy atom. The molecule has 0 aliphatic heterocycles. The van der Waals surface area contributed by atoms with E-state index in [4.69, 9.17) is 11.5 Å². The molecular weight excluding hydrogens is 296 g/mol. The van der Waals surface area contributed by atoms with Crippen molar-refractivity contribution in [3.8, 4) is 0 Å². The first-order valence-corrected chi connectivity index (χ1v) is 7.70. The van der Waals surface area contributed by atoms with Gasteiger partial charge in [0.2, 0.25) is 0 Å². The fourth-order valence-corrected chi connectivity index (χ4v) is 2.97. The summed E-state index contributed by atoms with van der Waals surface area (Å²) in [5.41, 5.74) is 15.1. The lowest BCUT2D eigenvalue weighted by Gasteiger charge is -2.06. The van der Waals surface area contributed by atoms with Gasteiger partial charge in [0.1, 0.15) is 0 Å². The van der Waals surface area contributed by atoms with Gasteiger partial charge in [-0.1, -0.05) is 48.5 Å². The molecule has 0 aliphatic carbocycles. The molecule has 4 heteroatoms. The van der Waals surface area contributed by atoms with Gasteiger partial charge in [-0.3, -0.25) is 0 Å². The van der Waals surface area contributed by atoms with Gasteiger partial charge in [0.15, 0.2) is 0 Å². The zero-order valence-corrected chi connectivity index (χ0v) is 13.0. The Morgan fingerprint density at radius 3 is 1.29 bits per heavy atom. The molecule has 0 heterocycles. The molecule has 0 unspecified atom stereocenters. The number of nitrogens with zero attached hydrogens (tertiary/aromatic N) is 2. The van der Waals surface area contributed by atoms with Crippen molar-refractivity contribution < 1.29 is 0 Å². The smallest absolute Gasteiger partial charge is 0.0956 e. The minimum absolute atomic E-state index is 0.694. The van der Waals surface area contributed by atoms with Crippen LogP contribution in [0, 0.1) is 0 Å². The molecule has 0 atom stereocenters. The lowest BCUT2D eigenvalue weighted by Crippen LogP contribution is -1.87. The minimum Gasteiger partial charge on any atom is -0.398 e. The van der Waals surface area contributed by atoms with Gasteiger partial charge in [0.05, 0.1) is 11.4 Å². The summed E-state index contributed by atoms with van der Waals surface area (Å²) in [4.78, 5) is 0. The average molecular weight is 312 g/mol. The Morgan fingerprint density at radius 1 is 0.500 bits per heavy atom. The van der Waals surface area contributed by atoms with Crippen LogP contribution in [0.3, 0.4) is 0 Å². The van der Waals surface area contributed by atoms with E-state index in [0.29, 0.717) is 11.4 Å². The molecule has 0 aromatic heterocycles. The molecule has 0 bridgehead atoms. The van der Waals surface area contributed by atoms with Gasteiger partial charge < -0.3 is 11.5 Å². The predicted octanol–water partition coefficient (Wildman–Crippen LogP) is 5.57. The van der Waals surface area contributed by atoms with E-state index in [1.807, 2.05) is 72.8 Å². The van der Waals surface area contributed by atoms with Crippen molar-refractivity contribution in [2.24, 2.45) is 10.2 Å². The Balaban J connectivity index is 1.88. The number of hydrogen-bond acceptors (Lipinski definition) is 4. The predicted molar refractivity (Wildman–Crippen MR) is 101 cm³/mol. The van der Waals surface area contributed by atoms with Gasteiger partial charge in [-0.25, -0.2) is 0 Å². The number of benzene rings is 4. The van der Waals surface area contributed by atoms with Crippen molar-refractivity contribution in [3.05, 3.63) is 72.8 Å². The maximum absolute atomic E-state index is 6.12. The summed E-state index contributed by atoms with van der Waals surface area (Å²) >= 11 is 0.